The van der Waals surface area contributed by atoms with Crippen LogP contribution in [-0.2, 0) is 67.2 Å². The van der Waals surface area contributed by atoms with E-state index in [1.807, 2.05) is 6.07 Å². The summed E-state index contributed by atoms with van der Waals surface area (Å²) in [6, 6.07) is 12.1. The number of aliphatic carboxylic acids is 2. The molecule has 0 saturated carbocycles. The summed E-state index contributed by atoms with van der Waals surface area (Å²) in [4.78, 5) is 139. The fraction of sp³-hybridized carbons (Fsp3) is 0.444. The summed E-state index contributed by atoms with van der Waals surface area (Å²) in [5, 5.41) is 48.6. The van der Waals surface area contributed by atoms with Crippen molar-refractivity contribution in [1.29, 1.82) is 0 Å². The number of aromatic amines is 1. The van der Waals surface area contributed by atoms with Crippen LogP contribution in [0.15, 0.2) is 85.1 Å². The maximum Gasteiger partial charge on any atom is 0.326 e. The van der Waals surface area contributed by atoms with E-state index in [2.05, 4.69) is 42.2 Å². The van der Waals surface area contributed by atoms with E-state index in [1.165, 1.54) is 29.2 Å². The minimum atomic E-state index is -1.82. The third kappa shape index (κ3) is 18.4. The first-order valence-corrected chi connectivity index (χ1v) is 25.9. The van der Waals surface area contributed by atoms with Crippen molar-refractivity contribution in [2.24, 2.45) is 17.4 Å². The number of para-hydroxylation sites is 1. The first-order valence-electron chi connectivity index (χ1n) is 25.9. The van der Waals surface area contributed by atoms with Crippen molar-refractivity contribution in [2.75, 3.05) is 26.2 Å². The Kier molecular flexibility index (Phi) is 23.1. The average Bonchev–Trinajstić information content (AvgIpc) is 4.08. The van der Waals surface area contributed by atoms with Crippen molar-refractivity contribution in [2.45, 2.75) is 120 Å². The zero-order valence-electron chi connectivity index (χ0n) is 43.6. The molecule has 8 amide bonds. The van der Waals surface area contributed by atoms with E-state index >= 15 is 0 Å². The SMILES string of the molecule is CC(C)C[C@H](NC(=O)CNC(=O)[C@H](Cc1ccccc1)NC(=O)[C@@H]1CCCN1C(=O)CN)C(=O)N[C@@H](CC(=O)O)C(=O)N[C@@H](CCCCN)C(=O)N[C@@H](Cc1ccc(O)cc1)C(=O)N[C@@H](Cc1c[nH]c2ccccc12)C(=O)O. The van der Waals surface area contributed by atoms with Crippen molar-refractivity contribution in [1.82, 2.24) is 47.1 Å². The summed E-state index contributed by atoms with van der Waals surface area (Å²) in [6.45, 7) is 3.04. The number of hydrogen-bond acceptors (Lipinski definition) is 13. The molecule has 1 aromatic heterocycles. The molecule has 0 aliphatic carbocycles. The lowest BCUT2D eigenvalue weighted by atomic mass is 10.0. The molecule has 0 spiro atoms. The van der Waals surface area contributed by atoms with E-state index in [4.69, 9.17) is 11.5 Å². The number of phenols is 1. The smallest absolute Gasteiger partial charge is 0.326 e. The molecule has 15 N–H and O–H groups in total. The number of rotatable bonds is 30. The van der Waals surface area contributed by atoms with Crippen LogP contribution >= 0.6 is 0 Å². The molecule has 78 heavy (non-hydrogen) atoms. The van der Waals surface area contributed by atoms with Crippen molar-refractivity contribution in [3.63, 3.8) is 0 Å². The number of nitrogens with two attached hydrogens (primary N) is 2. The van der Waals surface area contributed by atoms with Gasteiger partial charge >= 0.3 is 11.9 Å². The van der Waals surface area contributed by atoms with Crippen LogP contribution in [0.5, 0.6) is 5.75 Å². The molecule has 1 aliphatic rings. The van der Waals surface area contributed by atoms with E-state index in [-0.39, 0.29) is 63.3 Å². The van der Waals surface area contributed by atoms with Gasteiger partial charge in [0.15, 0.2) is 0 Å². The zero-order chi connectivity index (χ0) is 56.9. The Bertz CT molecular complexity index is 2740. The molecule has 5 rings (SSSR count). The molecule has 1 fully saturated rings. The van der Waals surface area contributed by atoms with Gasteiger partial charge in [-0.1, -0.05) is 74.5 Å². The van der Waals surface area contributed by atoms with Crippen LogP contribution in [0, 0.1) is 5.92 Å². The van der Waals surface area contributed by atoms with Gasteiger partial charge in [0.1, 0.15) is 48.0 Å². The van der Waals surface area contributed by atoms with Crippen molar-refractivity contribution >= 4 is 70.1 Å². The van der Waals surface area contributed by atoms with Crippen LogP contribution in [0.2, 0.25) is 0 Å². The molecule has 24 nitrogen and oxygen atoms in total. The summed E-state index contributed by atoms with van der Waals surface area (Å²) < 4.78 is 0. The van der Waals surface area contributed by atoms with Crippen LogP contribution in [0.25, 0.3) is 10.9 Å². The van der Waals surface area contributed by atoms with E-state index in [0.717, 1.165) is 10.9 Å². The third-order valence-electron chi connectivity index (χ3n) is 13.1. The highest BCUT2D eigenvalue weighted by Gasteiger charge is 2.37. The number of benzene rings is 3. The molecule has 3 aromatic carbocycles. The number of phenolic OH excluding ortho intramolecular Hbond substituents is 1. The Morgan fingerprint density at radius 3 is 1.90 bits per heavy atom. The van der Waals surface area contributed by atoms with Crippen LogP contribution in [0.1, 0.15) is 75.5 Å². The standard InChI is InChI=1S/C54H71N11O13/c1-31(2)23-39(59-45(67)30-58-48(71)40(24-32-11-4-3-5-12-32)63-53(76)44-16-10-22-65(44)46(68)28-56)50(73)62-42(27-47(69)70)52(75)60-38(15-8-9-21-55)49(72)61-41(25-33-17-19-35(66)20-18-33)51(74)64-43(54(77)78)26-34-29-57-37-14-7-6-13-36(34)37/h3-7,11-14,17-20,29,31,38-44,57,66H,8-10,15-16,21-28,30,55-56H2,1-2H3,(H,58,71)(H,59,67)(H,60,75)(H,61,72)(H,62,73)(H,63,76)(H,64,74)(H,69,70)(H,77,78)/t38-,39-,40-,41-,42-,43-,44-/m0/s1. The molecule has 1 aliphatic heterocycles. The number of nitrogens with zero attached hydrogens (tertiary/aromatic N) is 1. The highest BCUT2D eigenvalue weighted by Crippen LogP contribution is 2.21. The summed E-state index contributed by atoms with van der Waals surface area (Å²) in [6.07, 6.45) is 1.82. The van der Waals surface area contributed by atoms with Crippen LogP contribution in [0.3, 0.4) is 0 Å². The summed E-state index contributed by atoms with van der Waals surface area (Å²) >= 11 is 0. The second kappa shape index (κ2) is 29.8. The number of fused-ring (bicyclic) bond motifs is 1. The molecule has 2 heterocycles. The summed E-state index contributed by atoms with van der Waals surface area (Å²) in [5.41, 5.74) is 13.8. The van der Waals surface area contributed by atoms with Gasteiger partial charge in [0.2, 0.25) is 47.3 Å². The Balaban J connectivity index is 1.29. The fourth-order valence-corrected chi connectivity index (χ4v) is 9.05. The number of nitrogens with one attached hydrogen (secondary N) is 8. The minimum Gasteiger partial charge on any atom is -0.508 e. The number of likely N-dealkylation sites (tertiary alicyclic amines) is 1. The highest BCUT2D eigenvalue weighted by molar-refractivity contribution is 5.98. The predicted molar refractivity (Wildman–Crippen MR) is 285 cm³/mol. The average molecular weight is 1080 g/mol. The molecule has 24 heteroatoms. The highest BCUT2D eigenvalue weighted by atomic mass is 16.4. The van der Waals surface area contributed by atoms with E-state index in [9.17, 15) is 63.3 Å². The second-order valence-corrected chi connectivity index (χ2v) is 19.6. The van der Waals surface area contributed by atoms with Gasteiger partial charge in [0, 0.05) is 42.9 Å². The number of carbonyl (C=O) groups is 10. The van der Waals surface area contributed by atoms with Gasteiger partial charge in [-0.2, -0.15) is 0 Å². The molecule has 4 aromatic rings. The van der Waals surface area contributed by atoms with Crippen molar-refractivity contribution < 1.29 is 63.3 Å². The maximum absolute atomic E-state index is 14.3. The number of aromatic nitrogens is 1. The lowest BCUT2D eigenvalue weighted by Crippen LogP contribution is -2.60. The Hall–Kier alpha value is -8.38. The van der Waals surface area contributed by atoms with Crippen molar-refractivity contribution in [3.8, 4) is 5.75 Å². The first kappa shape index (κ1) is 60.5. The molecule has 0 bridgehead atoms. The number of carboxylic acid groups (broad SMARTS) is 2. The predicted octanol–water partition coefficient (Wildman–Crippen LogP) is -0.390. The molecule has 0 radical (unpaired) electrons. The number of unbranched alkanes of at least 4 members (excludes halogenated alkanes) is 1. The number of H-pyrrole nitrogens is 1. The lowest BCUT2D eigenvalue weighted by Gasteiger charge is -2.27. The normalized spacial score (nSPS) is 15.4. The van der Waals surface area contributed by atoms with E-state index in [0.29, 0.717) is 42.5 Å². The number of carbonyl (C=O) groups excluding carboxylic acids is 8. The van der Waals surface area contributed by atoms with Gasteiger partial charge in [0.25, 0.3) is 0 Å². The summed E-state index contributed by atoms with van der Waals surface area (Å²) in [5.74, 6) is -9.68. The Morgan fingerprint density at radius 2 is 1.24 bits per heavy atom. The topological polar surface area (TPSA) is 387 Å². The molecule has 7 atom stereocenters. The Labute approximate surface area is 450 Å². The minimum absolute atomic E-state index is 0.0157. The largest absolute Gasteiger partial charge is 0.508 e. The van der Waals surface area contributed by atoms with Gasteiger partial charge in [-0.3, -0.25) is 43.2 Å². The maximum atomic E-state index is 14.3. The molecular formula is C54H71N11O13. The lowest BCUT2D eigenvalue weighted by molar-refractivity contribution is -0.142. The van der Waals surface area contributed by atoms with Crippen molar-refractivity contribution in [3.05, 3.63) is 102 Å². The number of amides is 8. The quantitative estimate of drug-likeness (QED) is 0.0296. The number of carboxylic acids is 2. The van der Waals surface area contributed by atoms with E-state index in [1.54, 1.807) is 68.6 Å². The first-order chi connectivity index (χ1) is 37.3. The summed E-state index contributed by atoms with van der Waals surface area (Å²) in [7, 11) is 0. The van der Waals surface area contributed by atoms with Crippen LogP contribution in [-0.4, -0.2) is 153 Å². The van der Waals surface area contributed by atoms with Gasteiger partial charge in [-0.05, 0) is 85.9 Å². The number of hydrogen-bond donors (Lipinski definition) is 13. The number of aromatic hydroxyl groups is 1. The molecule has 0 unspecified atom stereocenters. The molecular weight excluding hydrogens is 1010 g/mol. The van der Waals surface area contributed by atoms with Gasteiger partial charge < -0.3 is 73.9 Å². The van der Waals surface area contributed by atoms with Gasteiger partial charge in [-0.15, -0.1) is 0 Å². The van der Waals surface area contributed by atoms with Crippen LogP contribution in [0.4, 0.5) is 0 Å². The second-order valence-electron chi connectivity index (χ2n) is 19.6. The monoisotopic (exact) mass is 1080 g/mol. The third-order valence-corrected chi connectivity index (χ3v) is 13.1. The van der Waals surface area contributed by atoms with E-state index < -0.39 is 114 Å². The molecule has 420 valence electrons. The fourth-order valence-electron chi connectivity index (χ4n) is 9.05. The van der Waals surface area contributed by atoms with Crippen LogP contribution < -0.4 is 48.7 Å². The van der Waals surface area contributed by atoms with Gasteiger partial charge in [-0.25, -0.2) is 4.79 Å². The molecule has 1 saturated heterocycles. The Morgan fingerprint density at radius 1 is 0.654 bits per heavy atom. The van der Waals surface area contributed by atoms with Gasteiger partial charge in [0.05, 0.1) is 19.5 Å². The zero-order valence-corrected chi connectivity index (χ0v) is 43.6.